The summed E-state index contributed by atoms with van der Waals surface area (Å²) in [4.78, 5) is 21.1. The highest BCUT2D eigenvalue weighted by molar-refractivity contribution is 7.49. The van der Waals surface area contributed by atoms with Gasteiger partial charge in [0.15, 0.2) is 0 Å². The average molecular weight is 380 g/mol. The Labute approximate surface area is 151 Å². The summed E-state index contributed by atoms with van der Waals surface area (Å²) in [5.74, 6) is 0.209. The number of phosphoric ester groups is 1. The van der Waals surface area contributed by atoms with E-state index in [-0.39, 0.29) is 31.5 Å². The predicted octanol–water partition coefficient (Wildman–Crippen LogP) is 3.88. The van der Waals surface area contributed by atoms with Crippen molar-refractivity contribution in [1.82, 2.24) is 0 Å². The number of phosphoric acid groups is 1. The van der Waals surface area contributed by atoms with Crippen LogP contribution in [0.1, 0.15) is 65.7 Å². The van der Waals surface area contributed by atoms with Crippen LogP contribution in [0.3, 0.4) is 0 Å². The molecule has 0 aromatic rings. The molecule has 0 rings (SSSR count). The van der Waals surface area contributed by atoms with Crippen molar-refractivity contribution >= 4 is 20.6 Å². The molecule has 0 saturated heterocycles. The number of unbranched alkanes of at least 4 members (excludes halogenated alkanes) is 1. The van der Waals surface area contributed by atoms with Crippen LogP contribution in [0.25, 0.3) is 0 Å². The molecule has 0 aromatic heterocycles. The molecule has 0 spiro atoms. The van der Waals surface area contributed by atoms with Crippen LogP contribution in [0.2, 0.25) is 0 Å². The minimum atomic E-state index is -3.94. The molecule has 0 amide bonds. The van der Waals surface area contributed by atoms with Crippen LogP contribution in [0.5, 0.6) is 0 Å². The molecule has 8 heteroatoms. The largest absolute Gasteiger partial charge is 0.532 e. The van der Waals surface area contributed by atoms with Crippen molar-refractivity contribution in [3.05, 3.63) is 0 Å². The monoisotopic (exact) mass is 380 g/mol. The molecule has 0 aliphatic heterocycles. The quantitative estimate of drug-likeness (QED) is 0.302. The van der Waals surface area contributed by atoms with E-state index in [1.165, 1.54) is 0 Å². The van der Waals surface area contributed by atoms with E-state index in [0.717, 1.165) is 25.7 Å². The molecule has 4 atom stereocenters. The third-order valence-corrected chi connectivity index (χ3v) is 5.53. The zero-order chi connectivity index (χ0) is 19.1. The maximum absolute atomic E-state index is 12.5. The lowest BCUT2D eigenvalue weighted by atomic mass is 10.00. The molecule has 0 radical (unpaired) electrons. The fraction of sp³-hybridized carbons (Fsp3) is 0.882. The first-order chi connectivity index (χ1) is 11.9. The second-order valence-corrected chi connectivity index (χ2v) is 7.83. The summed E-state index contributed by atoms with van der Waals surface area (Å²) in [7, 11) is -3.94. The van der Waals surface area contributed by atoms with Gasteiger partial charge in [-0.15, -0.1) is 0 Å². The predicted molar refractivity (Wildman–Crippen MR) is 95.1 cm³/mol. The van der Waals surface area contributed by atoms with Crippen molar-refractivity contribution in [3.63, 3.8) is 0 Å². The summed E-state index contributed by atoms with van der Waals surface area (Å²) in [6.07, 6.45) is 4.98. The molecular formula is C17H33O7P. The number of carbonyl (C=O) groups excluding carboxylic acids is 2. The van der Waals surface area contributed by atoms with Gasteiger partial charge in [0.25, 0.3) is 0 Å². The first kappa shape index (κ1) is 24.2. The highest BCUT2D eigenvalue weighted by Crippen LogP contribution is 2.50. The van der Waals surface area contributed by atoms with E-state index in [1.54, 1.807) is 0 Å². The molecule has 148 valence electrons. The van der Waals surface area contributed by atoms with Gasteiger partial charge in [0.05, 0.1) is 13.2 Å². The van der Waals surface area contributed by atoms with Crippen LogP contribution in [-0.4, -0.2) is 37.2 Å². The molecule has 0 fully saturated rings. The van der Waals surface area contributed by atoms with Gasteiger partial charge in [-0.25, -0.2) is 4.57 Å². The number of aliphatic hydroxyl groups excluding tert-OH is 1. The van der Waals surface area contributed by atoms with E-state index < -0.39 is 13.9 Å². The fourth-order valence-electron chi connectivity index (χ4n) is 2.32. The molecule has 0 aliphatic carbocycles. The van der Waals surface area contributed by atoms with E-state index in [4.69, 9.17) is 9.05 Å². The van der Waals surface area contributed by atoms with E-state index >= 15 is 0 Å². The first-order valence-electron chi connectivity index (χ1n) is 9.09. The summed E-state index contributed by atoms with van der Waals surface area (Å²) in [5, 5.41) is 9.30. The molecule has 0 aliphatic rings. The number of carbonyl (C=O) groups is 2. The van der Waals surface area contributed by atoms with E-state index in [2.05, 4.69) is 11.4 Å². The van der Waals surface area contributed by atoms with Crippen LogP contribution in [0, 0.1) is 11.8 Å². The highest BCUT2D eigenvalue weighted by atomic mass is 31.2. The number of aliphatic hydroxyl groups is 1. The molecule has 1 N–H and O–H groups in total. The number of hydrogen-bond acceptors (Lipinski definition) is 7. The summed E-state index contributed by atoms with van der Waals surface area (Å²) >= 11 is 0. The Bertz CT molecular complexity index is 402. The van der Waals surface area contributed by atoms with Crippen molar-refractivity contribution in [3.8, 4) is 0 Å². The zero-order valence-corrected chi connectivity index (χ0v) is 16.5. The summed E-state index contributed by atoms with van der Waals surface area (Å²) < 4.78 is 27.7. The van der Waals surface area contributed by atoms with Gasteiger partial charge >= 0.3 is 14.3 Å². The van der Waals surface area contributed by atoms with Crippen molar-refractivity contribution in [2.45, 2.75) is 71.8 Å². The molecule has 4 unspecified atom stereocenters. The Morgan fingerprint density at radius 1 is 0.960 bits per heavy atom. The maximum atomic E-state index is 12.5. The van der Waals surface area contributed by atoms with E-state index in [0.29, 0.717) is 25.5 Å². The van der Waals surface area contributed by atoms with Crippen molar-refractivity contribution in [2.24, 2.45) is 11.8 Å². The van der Waals surface area contributed by atoms with Gasteiger partial charge < -0.3 is 14.4 Å². The summed E-state index contributed by atoms with van der Waals surface area (Å²) in [5.41, 5.74) is 0. The molecule has 7 nitrogen and oxygen atoms in total. The van der Waals surface area contributed by atoms with Gasteiger partial charge in [-0.1, -0.05) is 46.5 Å². The first-order valence-corrected chi connectivity index (χ1v) is 10.5. The van der Waals surface area contributed by atoms with Gasteiger partial charge in [0, 0.05) is 0 Å². The molecule has 0 aromatic carbocycles. The molecule has 0 heterocycles. The number of aldehydes is 1. The lowest BCUT2D eigenvalue weighted by Crippen LogP contribution is -2.15. The zero-order valence-electron chi connectivity index (χ0n) is 15.6. The van der Waals surface area contributed by atoms with Crippen LogP contribution in [0.4, 0.5) is 0 Å². The Kier molecular flexibility index (Phi) is 14.0. The molecular weight excluding hydrogens is 347 g/mol. The lowest BCUT2D eigenvalue weighted by molar-refractivity contribution is -0.122. The fourth-order valence-corrected chi connectivity index (χ4v) is 3.41. The molecule has 25 heavy (non-hydrogen) atoms. The lowest BCUT2D eigenvalue weighted by Gasteiger charge is -2.22. The molecule has 0 bridgehead atoms. The SMILES string of the molecule is CCCCC(CC)COP(=O)(OC=O)OCC(CC)CCC(O)C=O. The van der Waals surface area contributed by atoms with Gasteiger partial charge in [0.2, 0.25) is 0 Å². The van der Waals surface area contributed by atoms with E-state index in [9.17, 15) is 19.3 Å². The summed E-state index contributed by atoms with van der Waals surface area (Å²) in [6, 6.07) is 0. The topological polar surface area (TPSA) is 99.1 Å². The minimum absolute atomic E-state index is 0.0242. The smallest absolute Gasteiger partial charge is 0.386 e. The second kappa shape index (κ2) is 14.4. The van der Waals surface area contributed by atoms with Gasteiger partial charge in [-0.3, -0.25) is 13.8 Å². The molecule has 0 saturated carbocycles. The van der Waals surface area contributed by atoms with E-state index in [1.807, 2.05) is 13.8 Å². The summed E-state index contributed by atoms with van der Waals surface area (Å²) in [6.45, 7) is 6.41. The van der Waals surface area contributed by atoms with Gasteiger partial charge in [-0.05, 0) is 31.1 Å². The standard InChI is InChI=1S/C17H33O7P/c1-4-7-8-15(5-2)12-22-25(21,24-14-19)23-13-16(6-3)9-10-17(20)11-18/h11,14-17,20H,4-10,12-13H2,1-3H3. The van der Waals surface area contributed by atoms with Crippen molar-refractivity contribution in [1.29, 1.82) is 0 Å². The minimum Gasteiger partial charge on any atom is -0.386 e. The normalized spacial score (nSPS) is 17.3. The third-order valence-electron chi connectivity index (χ3n) is 4.26. The van der Waals surface area contributed by atoms with Gasteiger partial charge in [-0.2, -0.15) is 0 Å². The van der Waals surface area contributed by atoms with Crippen LogP contribution >= 0.6 is 7.82 Å². The van der Waals surface area contributed by atoms with Crippen molar-refractivity contribution < 1.29 is 32.8 Å². The third kappa shape index (κ3) is 11.5. The Hall–Kier alpha value is -0.750. The maximum Gasteiger partial charge on any atom is 0.532 e. The Morgan fingerprint density at radius 2 is 1.52 bits per heavy atom. The Balaban J connectivity index is 4.54. The highest BCUT2D eigenvalue weighted by Gasteiger charge is 2.30. The second-order valence-electron chi connectivity index (χ2n) is 6.21. The number of rotatable bonds is 17. The average Bonchev–Trinajstić information content (AvgIpc) is 2.62. The van der Waals surface area contributed by atoms with Crippen LogP contribution in [0.15, 0.2) is 0 Å². The Morgan fingerprint density at radius 3 is 1.96 bits per heavy atom. The van der Waals surface area contributed by atoms with Crippen LogP contribution < -0.4 is 0 Å². The van der Waals surface area contributed by atoms with Crippen LogP contribution in [-0.2, 0) is 27.7 Å². The van der Waals surface area contributed by atoms with Crippen molar-refractivity contribution in [2.75, 3.05) is 13.2 Å². The van der Waals surface area contributed by atoms with Gasteiger partial charge in [0.1, 0.15) is 12.4 Å². The number of hydrogen-bond donors (Lipinski definition) is 1.